The summed E-state index contributed by atoms with van der Waals surface area (Å²) in [4.78, 5) is 0. The number of hydrogen-bond acceptors (Lipinski definition) is 3. The number of ether oxygens (including phenoxy) is 2. The highest BCUT2D eigenvalue weighted by atomic mass is 16.5. The molecule has 0 aliphatic carbocycles. The molecule has 1 saturated heterocycles. The molecule has 2 unspecified atom stereocenters. The molecule has 94 valence electrons. The van der Waals surface area contributed by atoms with E-state index in [1.54, 1.807) is 0 Å². The van der Waals surface area contributed by atoms with E-state index in [0.29, 0.717) is 19.8 Å². The van der Waals surface area contributed by atoms with Crippen molar-refractivity contribution in [3.8, 4) is 0 Å². The summed E-state index contributed by atoms with van der Waals surface area (Å²) in [5, 5.41) is 9.04. The van der Waals surface area contributed by atoms with Crippen LogP contribution < -0.4 is 0 Å². The van der Waals surface area contributed by atoms with Gasteiger partial charge in [-0.2, -0.15) is 0 Å². The second-order valence-corrected chi connectivity index (χ2v) is 5.11. The summed E-state index contributed by atoms with van der Waals surface area (Å²) in [6, 6.07) is 10.2. The lowest BCUT2D eigenvalue weighted by Crippen LogP contribution is -2.24. The van der Waals surface area contributed by atoms with Crippen LogP contribution in [0.2, 0.25) is 0 Å². The average molecular weight is 236 g/mol. The van der Waals surface area contributed by atoms with E-state index in [1.807, 2.05) is 18.2 Å². The lowest BCUT2D eigenvalue weighted by molar-refractivity contribution is 0.0249. The molecule has 1 heterocycles. The van der Waals surface area contributed by atoms with Crippen molar-refractivity contribution in [2.45, 2.75) is 26.1 Å². The summed E-state index contributed by atoms with van der Waals surface area (Å²) in [6.45, 7) is 4.24. The van der Waals surface area contributed by atoms with Gasteiger partial charge in [-0.15, -0.1) is 0 Å². The monoisotopic (exact) mass is 236 g/mol. The van der Waals surface area contributed by atoms with E-state index in [9.17, 15) is 0 Å². The van der Waals surface area contributed by atoms with Gasteiger partial charge in [-0.1, -0.05) is 37.3 Å². The molecule has 0 aromatic heterocycles. The van der Waals surface area contributed by atoms with Gasteiger partial charge in [0.15, 0.2) is 0 Å². The Kier molecular flexibility index (Phi) is 4.15. The van der Waals surface area contributed by atoms with E-state index < -0.39 is 0 Å². The molecule has 0 amide bonds. The van der Waals surface area contributed by atoms with Crippen LogP contribution >= 0.6 is 0 Å². The third-order valence-corrected chi connectivity index (χ3v) is 3.15. The lowest BCUT2D eigenvalue weighted by atomic mass is 9.89. The minimum Gasteiger partial charge on any atom is -0.394 e. The Balaban J connectivity index is 1.75. The highest BCUT2D eigenvalue weighted by Gasteiger charge is 2.35. The van der Waals surface area contributed by atoms with E-state index in [1.165, 1.54) is 5.56 Å². The van der Waals surface area contributed by atoms with Crippen molar-refractivity contribution in [2.75, 3.05) is 19.8 Å². The van der Waals surface area contributed by atoms with Crippen molar-refractivity contribution in [3.63, 3.8) is 0 Å². The van der Waals surface area contributed by atoms with Crippen LogP contribution in [0.15, 0.2) is 30.3 Å². The molecule has 1 aliphatic rings. The van der Waals surface area contributed by atoms with Gasteiger partial charge in [-0.25, -0.2) is 0 Å². The van der Waals surface area contributed by atoms with Gasteiger partial charge >= 0.3 is 0 Å². The van der Waals surface area contributed by atoms with Crippen LogP contribution in [0.1, 0.15) is 18.9 Å². The summed E-state index contributed by atoms with van der Waals surface area (Å²) in [6.07, 6.45) is 0.860. The van der Waals surface area contributed by atoms with E-state index >= 15 is 0 Å². The van der Waals surface area contributed by atoms with E-state index in [0.717, 1.165) is 6.42 Å². The fourth-order valence-electron chi connectivity index (χ4n) is 2.19. The Morgan fingerprint density at radius 2 is 2.18 bits per heavy atom. The topological polar surface area (TPSA) is 38.7 Å². The maximum absolute atomic E-state index is 9.04. The zero-order valence-corrected chi connectivity index (χ0v) is 10.3. The smallest absolute Gasteiger partial charge is 0.0812 e. The minimum atomic E-state index is -0.0136. The predicted octanol–water partition coefficient (Wildman–Crippen LogP) is 1.99. The molecule has 2 atom stereocenters. The van der Waals surface area contributed by atoms with Crippen LogP contribution in [-0.2, 0) is 16.1 Å². The van der Waals surface area contributed by atoms with Gasteiger partial charge < -0.3 is 14.6 Å². The van der Waals surface area contributed by atoms with E-state index in [-0.39, 0.29) is 18.1 Å². The quantitative estimate of drug-likeness (QED) is 0.849. The molecule has 1 aliphatic heterocycles. The van der Waals surface area contributed by atoms with Gasteiger partial charge in [-0.05, 0) is 12.0 Å². The van der Waals surface area contributed by atoms with Gasteiger partial charge in [0.05, 0.1) is 32.5 Å². The Morgan fingerprint density at radius 3 is 2.82 bits per heavy atom. The number of aliphatic hydroxyl groups excluding tert-OH is 1. The molecular weight excluding hydrogens is 216 g/mol. The fourth-order valence-corrected chi connectivity index (χ4v) is 2.19. The highest BCUT2D eigenvalue weighted by molar-refractivity contribution is 5.13. The maximum atomic E-state index is 9.04. The molecule has 1 N–H and O–H groups in total. The predicted molar refractivity (Wildman–Crippen MR) is 65.6 cm³/mol. The summed E-state index contributed by atoms with van der Waals surface area (Å²) in [5.74, 6) is 0. The molecule has 3 heteroatoms. The highest BCUT2D eigenvalue weighted by Crippen LogP contribution is 2.32. The summed E-state index contributed by atoms with van der Waals surface area (Å²) < 4.78 is 11.2. The molecular formula is C14H20O3. The van der Waals surface area contributed by atoms with Gasteiger partial charge in [0.2, 0.25) is 0 Å². The van der Waals surface area contributed by atoms with Gasteiger partial charge in [-0.3, -0.25) is 0 Å². The number of hydrogen-bond donors (Lipinski definition) is 1. The van der Waals surface area contributed by atoms with Gasteiger partial charge in [0.25, 0.3) is 0 Å². The molecule has 0 spiro atoms. The normalized spacial score (nSPS) is 28.5. The van der Waals surface area contributed by atoms with Crippen LogP contribution in [-0.4, -0.2) is 31.0 Å². The first-order valence-corrected chi connectivity index (χ1v) is 6.06. The molecule has 0 bridgehead atoms. The average Bonchev–Trinajstić information content (AvgIpc) is 2.73. The summed E-state index contributed by atoms with van der Waals surface area (Å²) in [7, 11) is 0. The molecule has 2 rings (SSSR count). The number of rotatable bonds is 5. The van der Waals surface area contributed by atoms with Crippen LogP contribution in [0, 0.1) is 5.41 Å². The zero-order valence-electron chi connectivity index (χ0n) is 10.3. The Morgan fingerprint density at radius 1 is 1.41 bits per heavy atom. The van der Waals surface area contributed by atoms with Crippen molar-refractivity contribution in [1.29, 1.82) is 0 Å². The first-order valence-electron chi connectivity index (χ1n) is 6.06. The fraction of sp³-hybridized carbons (Fsp3) is 0.571. The Bertz CT molecular complexity index is 339. The van der Waals surface area contributed by atoms with Crippen molar-refractivity contribution >= 4 is 0 Å². The molecule has 17 heavy (non-hydrogen) atoms. The van der Waals surface area contributed by atoms with Crippen LogP contribution in [0.3, 0.4) is 0 Å². The summed E-state index contributed by atoms with van der Waals surface area (Å²) in [5.41, 5.74) is 1.23. The standard InChI is InChI=1S/C14H20O3/c1-14(7-13(8-15)17-11-14)10-16-9-12-5-3-2-4-6-12/h2-6,13,15H,7-11H2,1H3. The minimum absolute atomic E-state index is 0.0136. The molecule has 0 saturated carbocycles. The van der Waals surface area contributed by atoms with Crippen molar-refractivity contribution < 1.29 is 14.6 Å². The molecule has 0 radical (unpaired) electrons. The number of benzene rings is 1. The third-order valence-electron chi connectivity index (χ3n) is 3.15. The zero-order chi connectivity index (χ0) is 12.1. The third kappa shape index (κ3) is 3.53. The van der Waals surface area contributed by atoms with Crippen molar-refractivity contribution in [3.05, 3.63) is 35.9 Å². The molecule has 1 aromatic rings. The van der Waals surface area contributed by atoms with Crippen molar-refractivity contribution in [1.82, 2.24) is 0 Å². The SMILES string of the molecule is CC1(COCc2ccccc2)COC(CO)C1. The van der Waals surface area contributed by atoms with Crippen LogP contribution in [0.25, 0.3) is 0 Å². The second-order valence-electron chi connectivity index (χ2n) is 5.11. The van der Waals surface area contributed by atoms with Gasteiger partial charge in [0.1, 0.15) is 0 Å². The first-order chi connectivity index (χ1) is 8.22. The number of aliphatic hydroxyl groups is 1. The molecule has 1 fully saturated rings. The van der Waals surface area contributed by atoms with Crippen molar-refractivity contribution in [2.24, 2.45) is 5.41 Å². The largest absolute Gasteiger partial charge is 0.394 e. The Labute approximate surface area is 102 Å². The second kappa shape index (κ2) is 5.63. The summed E-state index contributed by atoms with van der Waals surface area (Å²) >= 11 is 0. The Hall–Kier alpha value is -0.900. The van der Waals surface area contributed by atoms with Crippen LogP contribution in [0.4, 0.5) is 0 Å². The van der Waals surface area contributed by atoms with Gasteiger partial charge in [0, 0.05) is 5.41 Å². The molecule has 1 aromatic carbocycles. The van der Waals surface area contributed by atoms with E-state index in [4.69, 9.17) is 14.6 Å². The maximum Gasteiger partial charge on any atom is 0.0812 e. The molecule has 3 nitrogen and oxygen atoms in total. The lowest BCUT2D eigenvalue weighted by Gasteiger charge is -2.21. The first kappa shape index (κ1) is 12.6. The van der Waals surface area contributed by atoms with E-state index in [2.05, 4.69) is 19.1 Å². The van der Waals surface area contributed by atoms with Crippen LogP contribution in [0.5, 0.6) is 0 Å².